The number of anilines is 1. The Morgan fingerprint density at radius 2 is 1.92 bits per heavy atom. The average molecular weight is 374 g/mol. The lowest BCUT2D eigenvalue weighted by Gasteiger charge is -2.35. The molecule has 2 aromatic heterocycles. The van der Waals surface area contributed by atoms with Gasteiger partial charge in [-0.3, -0.25) is 14.8 Å². The summed E-state index contributed by atoms with van der Waals surface area (Å²) in [7, 11) is 0. The van der Waals surface area contributed by atoms with E-state index in [4.69, 9.17) is 11.6 Å². The molecule has 136 valence electrons. The van der Waals surface area contributed by atoms with Crippen LogP contribution in [-0.2, 0) is 0 Å². The third kappa shape index (κ3) is 3.37. The van der Waals surface area contributed by atoms with Crippen molar-refractivity contribution in [3.8, 4) is 0 Å². The van der Waals surface area contributed by atoms with Crippen molar-refractivity contribution in [3.05, 3.63) is 47.6 Å². The summed E-state index contributed by atoms with van der Waals surface area (Å²) in [4.78, 5) is 26.8. The van der Waals surface area contributed by atoms with Crippen LogP contribution in [0.5, 0.6) is 0 Å². The molecule has 3 heterocycles. The standard InChI is InChI=1S/C18H20ClN5O2/c19-14-7-20-2-1-13(14)18(26)24-9-11-5-15(16(25)6-12(11)10-24)23-17-8-21-3-4-22-17/h1-4,7-8,11-12,15-16,25H,5-6,9-10H2,(H,22,23)/t11-,12+,15-,16-/m1/s1. The van der Waals surface area contributed by atoms with Crippen LogP contribution < -0.4 is 5.32 Å². The fourth-order valence-electron chi connectivity index (χ4n) is 4.03. The van der Waals surface area contributed by atoms with Crippen LogP contribution >= 0.6 is 11.6 Å². The van der Waals surface area contributed by atoms with Gasteiger partial charge in [0.1, 0.15) is 5.82 Å². The predicted molar refractivity (Wildman–Crippen MR) is 96.8 cm³/mol. The van der Waals surface area contributed by atoms with Crippen molar-refractivity contribution in [1.82, 2.24) is 19.9 Å². The minimum Gasteiger partial charge on any atom is -0.391 e. The van der Waals surface area contributed by atoms with Gasteiger partial charge in [0.05, 0.1) is 28.9 Å². The molecule has 1 saturated carbocycles. The fraction of sp³-hybridized carbons (Fsp3) is 0.444. The molecule has 4 atom stereocenters. The molecule has 1 aliphatic carbocycles. The normalized spacial score (nSPS) is 27.8. The molecular formula is C18H20ClN5O2. The van der Waals surface area contributed by atoms with Crippen molar-refractivity contribution in [1.29, 1.82) is 0 Å². The van der Waals surface area contributed by atoms with Crippen LogP contribution in [0.15, 0.2) is 37.1 Å². The number of rotatable bonds is 3. The Labute approximate surface area is 156 Å². The molecule has 26 heavy (non-hydrogen) atoms. The van der Waals surface area contributed by atoms with Crippen molar-refractivity contribution in [2.75, 3.05) is 18.4 Å². The number of aliphatic hydroxyl groups excluding tert-OH is 1. The van der Waals surface area contributed by atoms with E-state index >= 15 is 0 Å². The molecule has 0 aromatic carbocycles. The number of nitrogens with zero attached hydrogens (tertiary/aromatic N) is 4. The monoisotopic (exact) mass is 373 g/mol. The van der Waals surface area contributed by atoms with Gasteiger partial charge in [0.15, 0.2) is 0 Å². The van der Waals surface area contributed by atoms with Crippen molar-refractivity contribution in [2.24, 2.45) is 11.8 Å². The SMILES string of the molecule is O=C(c1ccncc1Cl)N1C[C@H]2C[C@@H](Nc3cnccn3)[C@H](O)C[C@H]2C1. The lowest BCUT2D eigenvalue weighted by molar-refractivity contribution is 0.0727. The number of carbonyl (C=O) groups excluding carboxylic acids is 1. The number of halogens is 1. The number of hydrogen-bond donors (Lipinski definition) is 2. The zero-order valence-corrected chi connectivity index (χ0v) is 14.9. The number of aliphatic hydroxyl groups is 1. The summed E-state index contributed by atoms with van der Waals surface area (Å²) < 4.78 is 0. The highest BCUT2D eigenvalue weighted by Crippen LogP contribution is 2.38. The number of hydrogen-bond acceptors (Lipinski definition) is 6. The first kappa shape index (κ1) is 17.2. The minimum absolute atomic E-state index is 0.0697. The fourth-order valence-corrected chi connectivity index (χ4v) is 4.23. The van der Waals surface area contributed by atoms with Gasteiger partial charge in [-0.2, -0.15) is 0 Å². The highest BCUT2D eigenvalue weighted by atomic mass is 35.5. The molecule has 2 aromatic rings. The number of amides is 1. The van der Waals surface area contributed by atoms with Gasteiger partial charge >= 0.3 is 0 Å². The van der Waals surface area contributed by atoms with Crippen LogP contribution in [0.1, 0.15) is 23.2 Å². The van der Waals surface area contributed by atoms with Crippen LogP contribution in [0.4, 0.5) is 5.82 Å². The molecule has 0 spiro atoms. The molecule has 0 unspecified atom stereocenters. The van der Waals surface area contributed by atoms with E-state index in [0.29, 0.717) is 47.8 Å². The molecule has 1 amide bonds. The summed E-state index contributed by atoms with van der Waals surface area (Å²) in [6, 6.07) is 1.56. The van der Waals surface area contributed by atoms with Crippen molar-refractivity contribution < 1.29 is 9.90 Å². The van der Waals surface area contributed by atoms with Crippen molar-refractivity contribution in [2.45, 2.75) is 25.0 Å². The summed E-state index contributed by atoms with van der Waals surface area (Å²) in [6.45, 7) is 1.32. The quantitative estimate of drug-likeness (QED) is 0.853. The van der Waals surface area contributed by atoms with Crippen LogP contribution in [0.2, 0.25) is 5.02 Å². The van der Waals surface area contributed by atoms with Gasteiger partial charge in [0.2, 0.25) is 0 Å². The molecule has 0 radical (unpaired) electrons. The lowest BCUT2D eigenvalue weighted by Crippen LogP contribution is -2.43. The maximum atomic E-state index is 12.8. The first-order valence-electron chi connectivity index (χ1n) is 8.71. The van der Waals surface area contributed by atoms with Crippen LogP contribution in [-0.4, -0.2) is 56.1 Å². The maximum absolute atomic E-state index is 12.8. The van der Waals surface area contributed by atoms with E-state index in [1.165, 1.54) is 6.20 Å². The molecule has 2 N–H and O–H groups in total. The van der Waals surface area contributed by atoms with Gasteiger partial charge < -0.3 is 15.3 Å². The van der Waals surface area contributed by atoms with E-state index in [1.54, 1.807) is 30.9 Å². The van der Waals surface area contributed by atoms with Crippen LogP contribution in [0.3, 0.4) is 0 Å². The van der Waals surface area contributed by atoms with Crippen LogP contribution in [0, 0.1) is 11.8 Å². The van der Waals surface area contributed by atoms with Crippen molar-refractivity contribution in [3.63, 3.8) is 0 Å². The molecule has 2 aliphatic rings. The first-order chi connectivity index (χ1) is 12.6. The molecule has 2 fully saturated rings. The number of pyridine rings is 1. The molecule has 7 nitrogen and oxygen atoms in total. The van der Waals surface area contributed by atoms with E-state index in [0.717, 1.165) is 6.42 Å². The zero-order chi connectivity index (χ0) is 18.1. The molecule has 1 aliphatic heterocycles. The molecule has 8 heteroatoms. The third-order valence-electron chi connectivity index (χ3n) is 5.33. The van der Waals surface area contributed by atoms with Crippen LogP contribution in [0.25, 0.3) is 0 Å². The van der Waals surface area contributed by atoms with Gasteiger partial charge in [-0.15, -0.1) is 0 Å². The zero-order valence-electron chi connectivity index (χ0n) is 14.1. The minimum atomic E-state index is -0.474. The molecule has 0 bridgehead atoms. The van der Waals surface area contributed by atoms with Gasteiger partial charge in [0, 0.05) is 37.9 Å². The smallest absolute Gasteiger partial charge is 0.255 e. The highest BCUT2D eigenvalue weighted by molar-refractivity contribution is 6.33. The van der Waals surface area contributed by atoms with E-state index in [-0.39, 0.29) is 11.9 Å². The molecular weight excluding hydrogens is 354 g/mol. The topological polar surface area (TPSA) is 91.2 Å². The van der Waals surface area contributed by atoms with Crippen molar-refractivity contribution >= 4 is 23.3 Å². The number of fused-ring (bicyclic) bond motifs is 1. The van der Waals surface area contributed by atoms with E-state index in [1.807, 2.05) is 4.90 Å². The lowest BCUT2D eigenvalue weighted by atomic mass is 9.77. The Kier molecular flexibility index (Phi) is 4.74. The maximum Gasteiger partial charge on any atom is 0.255 e. The second-order valence-electron chi connectivity index (χ2n) is 6.97. The third-order valence-corrected chi connectivity index (χ3v) is 5.63. The Morgan fingerprint density at radius 1 is 1.15 bits per heavy atom. The van der Waals surface area contributed by atoms with Gasteiger partial charge in [0.25, 0.3) is 5.91 Å². The van der Waals surface area contributed by atoms with E-state index in [2.05, 4.69) is 20.3 Å². The Morgan fingerprint density at radius 3 is 2.65 bits per heavy atom. The summed E-state index contributed by atoms with van der Waals surface area (Å²) >= 11 is 6.11. The van der Waals surface area contributed by atoms with Gasteiger partial charge in [-0.05, 0) is 30.7 Å². The number of nitrogens with one attached hydrogen (secondary N) is 1. The Bertz CT molecular complexity index is 790. The Hall–Kier alpha value is -2.25. The number of aromatic nitrogens is 3. The predicted octanol–water partition coefficient (Wildman–Crippen LogP) is 1.85. The summed E-state index contributed by atoms with van der Waals surface area (Å²) in [5, 5.41) is 14.2. The second kappa shape index (κ2) is 7.17. The molecule has 1 saturated heterocycles. The molecule has 4 rings (SSSR count). The van der Waals surface area contributed by atoms with E-state index < -0.39 is 6.10 Å². The summed E-state index contributed by atoms with van der Waals surface area (Å²) in [5.41, 5.74) is 0.482. The van der Waals surface area contributed by atoms with E-state index in [9.17, 15) is 9.90 Å². The van der Waals surface area contributed by atoms with Gasteiger partial charge in [-0.25, -0.2) is 4.98 Å². The number of likely N-dealkylation sites (tertiary alicyclic amines) is 1. The first-order valence-corrected chi connectivity index (χ1v) is 9.09. The summed E-state index contributed by atoms with van der Waals surface area (Å²) in [6.07, 6.45) is 8.92. The number of carbonyl (C=O) groups is 1. The second-order valence-corrected chi connectivity index (χ2v) is 7.37. The highest BCUT2D eigenvalue weighted by Gasteiger charge is 2.43. The largest absolute Gasteiger partial charge is 0.391 e. The average Bonchev–Trinajstić information content (AvgIpc) is 3.05. The Balaban J connectivity index is 1.44. The van der Waals surface area contributed by atoms with Gasteiger partial charge in [-0.1, -0.05) is 11.6 Å². The summed E-state index contributed by atoms with van der Waals surface area (Å²) in [5.74, 6) is 1.23.